The zero-order valence-corrected chi connectivity index (χ0v) is 16.3. The van der Waals surface area contributed by atoms with Crippen LogP contribution in [-0.4, -0.2) is 23.5 Å². The van der Waals surface area contributed by atoms with Crippen LogP contribution in [0.5, 0.6) is 0 Å². The number of aryl methyl sites for hydroxylation is 3. The number of hydrogen-bond donors (Lipinski definition) is 1. The summed E-state index contributed by atoms with van der Waals surface area (Å²) in [4.78, 5) is 30.2. The second-order valence-electron chi connectivity index (χ2n) is 5.91. The Hall–Kier alpha value is -2.51. The number of anilines is 1. The molecule has 0 fully saturated rings. The molecular weight excluding hydrogens is 368 g/mol. The molecule has 0 spiro atoms. The molecule has 3 aromatic rings. The summed E-state index contributed by atoms with van der Waals surface area (Å²) in [6.07, 6.45) is 0. The molecule has 26 heavy (non-hydrogen) atoms. The molecule has 0 radical (unpaired) electrons. The van der Waals surface area contributed by atoms with E-state index in [1.165, 1.54) is 11.3 Å². The minimum Gasteiger partial charge on any atom is -0.451 e. The summed E-state index contributed by atoms with van der Waals surface area (Å²) < 4.78 is 5.16. The van der Waals surface area contributed by atoms with E-state index in [4.69, 9.17) is 4.74 Å². The third-order valence-electron chi connectivity index (χ3n) is 3.55. The Bertz CT molecular complexity index is 926. The Labute approximate surface area is 159 Å². The van der Waals surface area contributed by atoms with Gasteiger partial charge >= 0.3 is 5.97 Å². The molecule has 1 aromatic carbocycles. The highest BCUT2D eigenvalue weighted by Gasteiger charge is 2.19. The molecule has 7 heteroatoms. The van der Waals surface area contributed by atoms with E-state index in [0.717, 1.165) is 21.0 Å². The molecule has 0 saturated carbocycles. The number of ether oxygens (including phenoxy) is 1. The molecule has 134 valence electrons. The monoisotopic (exact) mass is 386 g/mol. The molecular formula is C19H18N2O3S2. The Kier molecular flexibility index (Phi) is 5.49. The second-order valence-corrected chi connectivity index (χ2v) is 7.86. The number of benzene rings is 1. The molecule has 1 N–H and O–H groups in total. The fourth-order valence-corrected chi connectivity index (χ4v) is 4.29. The number of esters is 1. The third-order valence-corrected chi connectivity index (χ3v) is 5.73. The Morgan fingerprint density at radius 2 is 1.88 bits per heavy atom. The first-order valence-electron chi connectivity index (χ1n) is 7.99. The van der Waals surface area contributed by atoms with Crippen LogP contribution in [0.3, 0.4) is 0 Å². The number of nitrogens with zero attached hydrogens (tertiary/aromatic N) is 1. The van der Waals surface area contributed by atoms with Crippen molar-refractivity contribution in [2.24, 2.45) is 0 Å². The van der Waals surface area contributed by atoms with E-state index in [1.54, 1.807) is 18.3 Å². The minimum absolute atomic E-state index is 0.336. The first-order valence-corrected chi connectivity index (χ1v) is 9.68. The number of amides is 1. The second kappa shape index (κ2) is 7.80. The van der Waals surface area contributed by atoms with Crippen molar-refractivity contribution in [1.82, 2.24) is 4.98 Å². The predicted octanol–water partition coefficient (Wildman–Crippen LogP) is 4.59. The Morgan fingerprint density at radius 3 is 2.54 bits per heavy atom. The molecule has 1 amide bonds. The summed E-state index contributed by atoms with van der Waals surface area (Å²) in [5.41, 5.74) is 3.41. The average Bonchev–Trinajstić information content (AvgIpc) is 3.21. The first kappa shape index (κ1) is 18.3. The number of thiazole rings is 1. The maximum atomic E-state index is 12.3. The number of nitrogens with one attached hydrogen (secondary N) is 1. The van der Waals surface area contributed by atoms with Crippen molar-refractivity contribution in [3.05, 3.63) is 57.4 Å². The van der Waals surface area contributed by atoms with Gasteiger partial charge in [0.05, 0.1) is 10.6 Å². The fraction of sp³-hybridized carbons (Fsp3) is 0.211. The van der Waals surface area contributed by atoms with Crippen molar-refractivity contribution >= 4 is 40.2 Å². The highest BCUT2D eigenvalue weighted by molar-refractivity contribution is 7.22. The molecule has 3 rings (SSSR count). The van der Waals surface area contributed by atoms with Gasteiger partial charge < -0.3 is 10.1 Å². The van der Waals surface area contributed by atoms with Crippen LogP contribution in [0, 0.1) is 20.8 Å². The number of aromatic nitrogens is 1. The van der Waals surface area contributed by atoms with E-state index < -0.39 is 5.97 Å². The number of carbonyl (C=O) groups excluding carboxylic acids is 2. The molecule has 0 atom stereocenters. The summed E-state index contributed by atoms with van der Waals surface area (Å²) in [5, 5.41) is 5.49. The van der Waals surface area contributed by atoms with E-state index in [0.29, 0.717) is 16.3 Å². The average molecular weight is 386 g/mol. The van der Waals surface area contributed by atoms with Crippen LogP contribution >= 0.6 is 22.7 Å². The van der Waals surface area contributed by atoms with Crippen molar-refractivity contribution < 1.29 is 14.3 Å². The largest absolute Gasteiger partial charge is 0.451 e. The van der Waals surface area contributed by atoms with Crippen molar-refractivity contribution in [3.8, 4) is 9.88 Å². The van der Waals surface area contributed by atoms with Gasteiger partial charge in [0.15, 0.2) is 6.61 Å². The lowest BCUT2D eigenvalue weighted by atomic mass is 10.1. The summed E-state index contributed by atoms with van der Waals surface area (Å²) in [6.45, 7) is 5.35. The van der Waals surface area contributed by atoms with E-state index in [-0.39, 0.29) is 12.5 Å². The van der Waals surface area contributed by atoms with E-state index in [2.05, 4.69) is 10.3 Å². The molecule has 0 bridgehead atoms. The van der Waals surface area contributed by atoms with Gasteiger partial charge in [0.1, 0.15) is 9.88 Å². The number of carbonyl (C=O) groups is 2. The van der Waals surface area contributed by atoms with Crippen molar-refractivity contribution in [3.63, 3.8) is 0 Å². The van der Waals surface area contributed by atoms with Crippen molar-refractivity contribution in [2.75, 3.05) is 11.9 Å². The van der Waals surface area contributed by atoms with Crippen LogP contribution in [0.2, 0.25) is 0 Å². The zero-order valence-electron chi connectivity index (χ0n) is 14.7. The lowest BCUT2D eigenvalue weighted by Gasteiger charge is -2.08. The van der Waals surface area contributed by atoms with Gasteiger partial charge in [0, 0.05) is 5.69 Å². The molecule has 0 aliphatic rings. The standard InChI is InChI=1S/C19H18N2O3S2/c1-11-7-12(2)9-14(8-11)21-16(22)10-24-19(23)17-13(3)20-18(26-17)15-5-4-6-25-15/h4-9H,10H2,1-3H3,(H,21,22). The predicted molar refractivity (Wildman–Crippen MR) is 105 cm³/mol. The van der Waals surface area contributed by atoms with Gasteiger partial charge in [-0.15, -0.1) is 22.7 Å². The molecule has 5 nitrogen and oxygen atoms in total. The minimum atomic E-state index is -0.529. The highest BCUT2D eigenvalue weighted by atomic mass is 32.1. The van der Waals surface area contributed by atoms with Gasteiger partial charge in [-0.25, -0.2) is 9.78 Å². The lowest BCUT2D eigenvalue weighted by molar-refractivity contribution is -0.119. The Morgan fingerprint density at radius 1 is 1.15 bits per heavy atom. The summed E-state index contributed by atoms with van der Waals surface area (Å²) in [6, 6.07) is 9.65. The number of thiophene rings is 1. The van der Waals surface area contributed by atoms with E-state index in [9.17, 15) is 9.59 Å². The zero-order chi connectivity index (χ0) is 18.7. The van der Waals surface area contributed by atoms with Gasteiger partial charge in [-0.3, -0.25) is 4.79 Å². The van der Waals surface area contributed by atoms with Gasteiger partial charge in [0.2, 0.25) is 0 Å². The molecule has 2 aromatic heterocycles. The molecule has 2 heterocycles. The van der Waals surface area contributed by atoms with Crippen LogP contribution in [-0.2, 0) is 9.53 Å². The Balaban J connectivity index is 1.61. The number of rotatable bonds is 5. The highest BCUT2D eigenvalue weighted by Crippen LogP contribution is 2.31. The van der Waals surface area contributed by atoms with Gasteiger partial charge in [-0.05, 0) is 55.5 Å². The first-order chi connectivity index (χ1) is 12.4. The van der Waals surface area contributed by atoms with Crippen LogP contribution in [0.4, 0.5) is 5.69 Å². The normalized spacial score (nSPS) is 10.6. The van der Waals surface area contributed by atoms with Crippen LogP contribution in [0.25, 0.3) is 9.88 Å². The molecule has 0 aliphatic carbocycles. The summed E-state index contributed by atoms with van der Waals surface area (Å²) in [5.74, 6) is -0.901. The molecule has 0 aliphatic heterocycles. The maximum absolute atomic E-state index is 12.3. The van der Waals surface area contributed by atoms with E-state index >= 15 is 0 Å². The molecule has 0 unspecified atom stereocenters. The lowest BCUT2D eigenvalue weighted by Crippen LogP contribution is -2.21. The number of hydrogen-bond acceptors (Lipinski definition) is 6. The summed E-state index contributed by atoms with van der Waals surface area (Å²) >= 11 is 2.84. The van der Waals surface area contributed by atoms with Crippen LogP contribution in [0.1, 0.15) is 26.5 Å². The third kappa shape index (κ3) is 4.36. The quantitative estimate of drug-likeness (QED) is 0.651. The van der Waals surface area contributed by atoms with Gasteiger partial charge in [-0.2, -0.15) is 0 Å². The van der Waals surface area contributed by atoms with Crippen LogP contribution < -0.4 is 5.32 Å². The topological polar surface area (TPSA) is 68.3 Å². The van der Waals surface area contributed by atoms with Gasteiger partial charge in [0.25, 0.3) is 5.91 Å². The summed E-state index contributed by atoms with van der Waals surface area (Å²) in [7, 11) is 0. The molecule has 0 saturated heterocycles. The van der Waals surface area contributed by atoms with Crippen molar-refractivity contribution in [1.29, 1.82) is 0 Å². The maximum Gasteiger partial charge on any atom is 0.350 e. The van der Waals surface area contributed by atoms with E-state index in [1.807, 2.05) is 49.6 Å². The smallest absolute Gasteiger partial charge is 0.350 e. The van der Waals surface area contributed by atoms with Crippen molar-refractivity contribution in [2.45, 2.75) is 20.8 Å². The van der Waals surface area contributed by atoms with Gasteiger partial charge in [-0.1, -0.05) is 12.1 Å². The SMILES string of the molecule is Cc1cc(C)cc(NC(=O)COC(=O)c2sc(-c3cccs3)nc2C)c1. The van der Waals surface area contributed by atoms with Crippen LogP contribution in [0.15, 0.2) is 35.7 Å². The fourth-order valence-electron chi connectivity index (χ4n) is 2.53.